The van der Waals surface area contributed by atoms with Crippen LogP contribution in [0, 0.1) is 5.41 Å². The van der Waals surface area contributed by atoms with Crippen molar-refractivity contribution in [3.63, 3.8) is 0 Å². The number of aromatic hydroxyl groups is 1. The second-order valence-electron chi connectivity index (χ2n) is 6.05. The van der Waals surface area contributed by atoms with Crippen molar-refractivity contribution in [1.82, 2.24) is 5.32 Å². The minimum atomic E-state index is 0.197. The van der Waals surface area contributed by atoms with Crippen molar-refractivity contribution in [3.8, 4) is 5.75 Å². The van der Waals surface area contributed by atoms with E-state index < -0.39 is 0 Å². The molecule has 0 aliphatic heterocycles. The predicted octanol–water partition coefficient (Wildman–Crippen LogP) is 3.30. The lowest BCUT2D eigenvalue weighted by atomic mass is 9.86. The number of phenolic OH excluding ortho intramolecular Hbond substituents is 1. The molecule has 0 saturated heterocycles. The molecule has 1 unspecified atom stereocenters. The van der Waals surface area contributed by atoms with E-state index in [1.807, 2.05) is 25.2 Å². The molecule has 96 valence electrons. The second kappa shape index (κ2) is 5.54. The van der Waals surface area contributed by atoms with Crippen LogP contribution in [0.15, 0.2) is 18.2 Å². The van der Waals surface area contributed by atoms with E-state index in [0.29, 0.717) is 11.7 Å². The van der Waals surface area contributed by atoms with E-state index in [2.05, 4.69) is 33.0 Å². The van der Waals surface area contributed by atoms with Crippen molar-refractivity contribution >= 4 is 0 Å². The Kier molecular flexibility index (Phi) is 4.58. The zero-order valence-electron chi connectivity index (χ0n) is 11.7. The topological polar surface area (TPSA) is 32.3 Å². The third-order valence-corrected chi connectivity index (χ3v) is 2.91. The van der Waals surface area contributed by atoms with Gasteiger partial charge in [0.25, 0.3) is 0 Å². The molecule has 0 amide bonds. The van der Waals surface area contributed by atoms with Crippen LogP contribution in [0.3, 0.4) is 0 Å². The number of para-hydroxylation sites is 1. The number of hydrogen-bond donors (Lipinski definition) is 2. The van der Waals surface area contributed by atoms with E-state index in [9.17, 15) is 5.11 Å². The molecule has 1 atom stereocenters. The summed E-state index contributed by atoms with van der Waals surface area (Å²) in [6.45, 7) is 9.58. The molecule has 0 aliphatic carbocycles. The lowest BCUT2D eigenvalue weighted by Gasteiger charge is -2.21. The van der Waals surface area contributed by atoms with Gasteiger partial charge in [-0.25, -0.2) is 0 Å². The molecule has 0 bridgehead atoms. The van der Waals surface area contributed by atoms with E-state index in [1.54, 1.807) is 0 Å². The van der Waals surface area contributed by atoms with Gasteiger partial charge in [0.1, 0.15) is 5.75 Å². The third kappa shape index (κ3) is 4.04. The van der Waals surface area contributed by atoms with Gasteiger partial charge in [-0.3, -0.25) is 0 Å². The molecule has 1 aromatic carbocycles. The maximum atomic E-state index is 10.3. The van der Waals surface area contributed by atoms with Crippen LogP contribution >= 0.6 is 0 Å². The highest BCUT2D eigenvalue weighted by atomic mass is 16.3. The molecule has 0 spiro atoms. The van der Waals surface area contributed by atoms with Gasteiger partial charge in [-0.15, -0.1) is 0 Å². The molecule has 17 heavy (non-hydrogen) atoms. The van der Waals surface area contributed by atoms with Crippen LogP contribution in [0.4, 0.5) is 0 Å². The molecule has 2 N–H and O–H groups in total. The summed E-state index contributed by atoms with van der Waals surface area (Å²) in [5.74, 6) is 0.810. The molecular weight excluding hydrogens is 210 g/mol. The fourth-order valence-electron chi connectivity index (χ4n) is 2.14. The van der Waals surface area contributed by atoms with E-state index in [0.717, 1.165) is 24.1 Å². The van der Waals surface area contributed by atoms with Gasteiger partial charge in [-0.2, -0.15) is 0 Å². The molecular formula is C15H25NO. The largest absolute Gasteiger partial charge is 0.507 e. The Balaban J connectivity index is 2.99. The number of nitrogens with one attached hydrogen (secondary N) is 1. The highest BCUT2D eigenvalue weighted by molar-refractivity contribution is 5.42. The Morgan fingerprint density at radius 1 is 1.29 bits per heavy atom. The van der Waals surface area contributed by atoms with E-state index in [-0.39, 0.29) is 5.41 Å². The molecule has 0 radical (unpaired) electrons. The summed E-state index contributed by atoms with van der Waals surface area (Å²) in [4.78, 5) is 0. The average Bonchev–Trinajstić information content (AvgIpc) is 2.19. The van der Waals surface area contributed by atoms with Crippen LogP contribution in [0.1, 0.15) is 44.7 Å². The zero-order chi connectivity index (χ0) is 13.1. The minimum Gasteiger partial charge on any atom is -0.507 e. The summed E-state index contributed by atoms with van der Waals surface area (Å²) < 4.78 is 0. The van der Waals surface area contributed by atoms with Gasteiger partial charge in [-0.1, -0.05) is 45.9 Å². The fraction of sp³-hybridized carbons (Fsp3) is 0.600. The smallest absolute Gasteiger partial charge is 0.122 e. The average molecular weight is 235 g/mol. The summed E-state index contributed by atoms with van der Waals surface area (Å²) >= 11 is 0. The Bertz CT molecular complexity index is 366. The Morgan fingerprint density at radius 3 is 2.47 bits per heavy atom. The maximum absolute atomic E-state index is 10.3. The molecule has 1 rings (SSSR count). The van der Waals surface area contributed by atoms with Crippen molar-refractivity contribution in [3.05, 3.63) is 29.3 Å². The van der Waals surface area contributed by atoms with Crippen molar-refractivity contribution in [1.29, 1.82) is 0 Å². The quantitative estimate of drug-likeness (QED) is 0.839. The molecule has 0 heterocycles. The highest BCUT2D eigenvalue weighted by Gasteiger charge is 2.17. The number of phenols is 1. The van der Waals surface area contributed by atoms with Crippen LogP contribution in [-0.4, -0.2) is 18.7 Å². The van der Waals surface area contributed by atoms with Gasteiger partial charge >= 0.3 is 0 Å². The summed E-state index contributed by atoms with van der Waals surface area (Å²) in [5.41, 5.74) is 2.29. The monoisotopic (exact) mass is 235 g/mol. The lowest BCUT2D eigenvalue weighted by molar-refractivity contribution is 0.391. The van der Waals surface area contributed by atoms with Crippen molar-refractivity contribution in [2.24, 2.45) is 5.41 Å². The maximum Gasteiger partial charge on any atom is 0.122 e. The molecule has 0 aromatic heterocycles. The minimum absolute atomic E-state index is 0.197. The van der Waals surface area contributed by atoms with Crippen LogP contribution < -0.4 is 5.32 Å². The van der Waals surface area contributed by atoms with Crippen LogP contribution in [0.2, 0.25) is 0 Å². The summed E-state index contributed by atoms with van der Waals surface area (Å²) in [6, 6.07) is 6.09. The number of rotatable bonds is 4. The highest BCUT2D eigenvalue weighted by Crippen LogP contribution is 2.32. The van der Waals surface area contributed by atoms with Crippen molar-refractivity contribution in [2.75, 3.05) is 13.6 Å². The first-order chi connectivity index (χ1) is 7.85. The van der Waals surface area contributed by atoms with Crippen LogP contribution in [-0.2, 0) is 6.42 Å². The normalized spacial score (nSPS) is 13.7. The Hall–Kier alpha value is -1.02. The number of benzene rings is 1. The summed E-state index contributed by atoms with van der Waals surface area (Å²) in [5, 5.41) is 13.5. The Labute approximate surface area is 105 Å². The molecule has 2 heteroatoms. The van der Waals surface area contributed by atoms with Gasteiger partial charge < -0.3 is 10.4 Å². The zero-order valence-corrected chi connectivity index (χ0v) is 11.7. The van der Waals surface area contributed by atoms with Crippen molar-refractivity contribution in [2.45, 2.75) is 40.0 Å². The van der Waals surface area contributed by atoms with Gasteiger partial charge in [0.2, 0.25) is 0 Å². The SMILES string of the molecule is CNCC(C)c1cccc(CC(C)(C)C)c1O. The van der Waals surface area contributed by atoms with E-state index in [1.165, 1.54) is 0 Å². The summed E-state index contributed by atoms with van der Waals surface area (Å²) in [6.07, 6.45) is 0.902. The Morgan fingerprint density at radius 2 is 1.94 bits per heavy atom. The molecule has 0 aliphatic rings. The first kappa shape index (κ1) is 14.0. The van der Waals surface area contributed by atoms with Crippen LogP contribution in [0.5, 0.6) is 5.75 Å². The van der Waals surface area contributed by atoms with Crippen LogP contribution in [0.25, 0.3) is 0 Å². The van der Waals surface area contributed by atoms with Gasteiger partial charge in [0.15, 0.2) is 0 Å². The number of likely N-dealkylation sites (N-methyl/N-ethyl adjacent to an activating group) is 1. The lowest BCUT2D eigenvalue weighted by Crippen LogP contribution is -2.15. The van der Waals surface area contributed by atoms with E-state index in [4.69, 9.17) is 0 Å². The van der Waals surface area contributed by atoms with Gasteiger partial charge in [0.05, 0.1) is 0 Å². The predicted molar refractivity (Wildman–Crippen MR) is 73.6 cm³/mol. The van der Waals surface area contributed by atoms with E-state index >= 15 is 0 Å². The van der Waals surface area contributed by atoms with Gasteiger partial charge in [-0.05, 0) is 35.9 Å². The summed E-state index contributed by atoms with van der Waals surface area (Å²) in [7, 11) is 1.94. The molecule has 1 aromatic rings. The molecule has 2 nitrogen and oxygen atoms in total. The molecule has 0 fully saturated rings. The number of hydrogen-bond acceptors (Lipinski definition) is 2. The first-order valence-corrected chi connectivity index (χ1v) is 6.30. The van der Waals surface area contributed by atoms with Crippen molar-refractivity contribution < 1.29 is 5.11 Å². The third-order valence-electron chi connectivity index (χ3n) is 2.91. The standard InChI is InChI=1S/C15H25NO/c1-11(10-16-5)13-8-6-7-12(14(13)17)9-15(2,3)4/h6-8,11,16-17H,9-10H2,1-5H3. The fourth-order valence-corrected chi connectivity index (χ4v) is 2.14. The van der Waals surface area contributed by atoms with Gasteiger partial charge in [0, 0.05) is 6.54 Å². The molecule has 0 saturated carbocycles. The second-order valence-corrected chi connectivity index (χ2v) is 6.05. The first-order valence-electron chi connectivity index (χ1n) is 6.30.